The SMILES string of the molecule is CCCC(C)Oc1cc(C(F)(F)F)cc(NCC)n1. The van der Waals surface area contributed by atoms with Crippen molar-refractivity contribution in [1.29, 1.82) is 0 Å². The first-order valence-corrected chi connectivity index (χ1v) is 6.36. The van der Waals surface area contributed by atoms with Crippen LogP contribution in [0.1, 0.15) is 39.2 Å². The number of alkyl halides is 3. The molecule has 0 saturated heterocycles. The van der Waals surface area contributed by atoms with Crippen LogP contribution in [0.4, 0.5) is 19.0 Å². The van der Waals surface area contributed by atoms with Crippen molar-refractivity contribution < 1.29 is 17.9 Å². The van der Waals surface area contributed by atoms with Gasteiger partial charge in [-0.2, -0.15) is 18.2 Å². The van der Waals surface area contributed by atoms with Gasteiger partial charge in [-0.05, 0) is 26.3 Å². The lowest BCUT2D eigenvalue weighted by Gasteiger charge is -2.16. The molecule has 0 bridgehead atoms. The van der Waals surface area contributed by atoms with E-state index < -0.39 is 11.7 Å². The van der Waals surface area contributed by atoms with Crippen LogP contribution >= 0.6 is 0 Å². The maximum absolute atomic E-state index is 12.8. The summed E-state index contributed by atoms with van der Waals surface area (Å²) in [5, 5.41) is 2.77. The van der Waals surface area contributed by atoms with Crippen LogP contribution in [0.5, 0.6) is 5.88 Å². The molecule has 1 heterocycles. The second-order valence-corrected chi connectivity index (χ2v) is 4.32. The van der Waals surface area contributed by atoms with Crippen molar-refractivity contribution >= 4 is 5.82 Å². The summed E-state index contributed by atoms with van der Waals surface area (Å²) < 4.78 is 43.7. The first kappa shape index (κ1) is 15.6. The molecule has 108 valence electrons. The highest BCUT2D eigenvalue weighted by molar-refractivity contribution is 5.42. The van der Waals surface area contributed by atoms with Crippen molar-refractivity contribution in [3.8, 4) is 5.88 Å². The molecule has 0 fully saturated rings. The number of rotatable bonds is 6. The smallest absolute Gasteiger partial charge is 0.416 e. The second kappa shape index (κ2) is 6.63. The van der Waals surface area contributed by atoms with E-state index in [-0.39, 0.29) is 17.8 Å². The summed E-state index contributed by atoms with van der Waals surface area (Å²) in [7, 11) is 0. The third kappa shape index (κ3) is 4.96. The summed E-state index contributed by atoms with van der Waals surface area (Å²) in [6.07, 6.45) is -2.89. The standard InChI is InChI=1S/C13H19F3N2O/c1-4-6-9(3)19-12-8-10(13(14,15)16)7-11(18-12)17-5-2/h7-9H,4-6H2,1-3H3,(H,17,18). The van der Waals surface area contributed by atoms with E-state index in [1.165, 1.54) is 0 Å². The number of anilines is 1. The Balaban J connectivity index is 2.99. The van der Waals surface area contributed by atoms with Gasteiger partial charge >= 0.3 is 6.18 Å². The van der Waals surface area contributed by atoms with Gasteiger partial charge in [0, 0.05) is 12.6 Å². The van der Waals surface area contributed by atoms with Crippen molar-refractivity contribution in [2.24, 2.45) is 0 Å². The summed E-state index contributed by atoms with van der Waals surface area (Å²) in [6.45, 7) is 6.10. The Morgan fingerprint density at radius 3 is 2.53 bits per heavy atom. The largest absolute Gasteiger partial charge is 0.475 e. The average Bonchev–Trinajstić information content (AvgIpc) is 2.28. The number of nitrogens with one attached hydrogen (secondary N) is 1. The first-order valence-electron chi connectivity index (χ1n) is 6.36. The van der Waals surface area contributed by atoms with Gasteiger partial charge in [0.05, 0.1) is 11.7 Å². The summed E-state index contributed by atoms with van der Waals surface area (Å²) in [4.78, 5) is 4.03. The van der Waals surface area contributed by atoms with Crippen LogP contribution in [0.15, 0.2) is 12.1 Å². The molecule has 0 aliphatic carbocycles. The number of ether oxygens (including phenoxy) is 1. The Bertz CT molecular complexity index is 407. The molecule has 0 spiro atoms. The number of hydrogen-bond donors (Lipinski definition) is 1. The van der Waals surface area contributed by atoms with Gasteiger partial charge in [-0.1, -0.05) is 13.3 Å². The van der Waals surface area contributed by atoms with E-state index in [1.807, 2.05) is 13.8 Å². The van der Waals surface area contributed by atoms with E-state index in [2.05, 4.69) is 10.3 Å². The molecular weight excluding hydrogens is 257 g/mol. The van der Waals surface area contributed by atoms with E-state index in [4.69, 9.17) is 4.74 Å². The molecule has 0 aliphatic rings. The van der Waals surface area contributed by atoms with Gasteiger partial charge in [0.15, 0.2) is 0 Å². The predicted molar refractivity (Wildman–Crippen MR) is 68.4 cm³/mol. The number of aromatic nitrogens is 1. The van der Waals surface area contributed by atoms with E-state index in [9.17, 15) is 13.2 Å². The molecule has 1 aromatic heterocycles. The Labute approximate surface area is 111 Å². The van der Waals surface area contributed by atoms with Gasteiger partial charge < -0.3 is 10.1 Å². The molecule has 0 amide bonds. The molecule has 0 aliphatic heterocycles. The topological polar surface area (TPSA) is 34.1 Å². The maximum Gasteiger partial charge on any atom is 0.416 e. The highest BCUT2D eigenvalue weighted by atomic mass is 19.4. The third-order valence-electron chi connectivity index (χ3n) is 2.50. The lowest BCUT2D eigenvalue weighted by Crippen LogP contribution is -2.14. The normalized spacial score (nSPS) is 13.2. The fraction of sp³-hybridized carbons (Fsp3) is 0.615. The molecule has 1 aromatic rings. The Hall–Kier alpha value is -1.46. The van der Waals surface area contributed by atoms with Gasteiger partial charge in [0.1, 0.15) is 5.82 Å². The minimum absolute atomic E-state index is 0.00623. The van der Waals surface area contributed by atoms with Gasteiger partial charge in [-0.3, -0.25) is 0 Å². The van der Waals surface area contributed by atoms with E-state index in [1.54, 1.807) is 6.92 Å². The van der Waals surface area contributed by atoms with Crippen LogP contribution in [0, 0.1) is 0 Å². The quantitative estimate of drug-likeness (QED) is 0.849. The predicted octanol–water partition coefficient (Wildman–Crippen LogP) is 4.10. The fourth-order valence-electron chi connectivity index (χ4n) is 1.67. The summed E-state index contributed by atoms with van der Waals surface area (Å²) >= 11 is 0. The monoisotopic (exact) mass is 276 g/mol. The van der Waals surface area contributed by atoms with Crippen LogP contribution in [-0.2, 0) is 6.18 Å². The van der Waals surface area contributed by atoms with Crippen LogP contribution < -0.4 is 10.1 Å². The zero-order valence-corrected chi connectivity index (χ0v) is 11.3. The van der Waals surface area contributed by atoms with Crippen LogP contribution in [0.3, 0.4) is 0 Å². The van der Waals surface area contributed by atoms with Crippen molar-refractivity contribution in [3.05, 3.63) is 17.7 Å². The number of nitrogens with zero attached hydrogens (tertiary/aromatic N) is 1. The molecule has 1 atom stereocenters. The Morgan fingerprint density at radius 2 is 2.00 bits per heavy atom. The molecule has 0 aromatic carbocycles. The van der Waals surface area contributed by atoms with Crippen LogP contribution in [-0.4, -0.2) is 17.6 Å². The fourth-order valence-corrected chi connectivity index (χ4v) is 1.67. The van der Waals surface area contributed by atoms with Crippen molar-refractivity contribution in [3.63, 3.8) is 0 Å². The van der Waals surface area contributed by atoms with Crippen molar-refractivity contribution in [2.45, 2.75) is 45.9 Å². The lowest BCUT2D eigenvalue weighted by molar-refractivity contribution is -0.137. The zero-order chi connectivity index (χ0) is 14.5. The highest BCUT2D eigenvalue weighted by Crippen LogP contribution is 2.32. The van der Waals surface area contributed by atoms with Crippen LogP contribution in [0.2, 0.25) is 0 Å². The zero-order valence-electron chi connectivity index (χ0n) is 11.3. The molecule has 19 heavy (non-hydrogen) atoms. The number of halogens is 3. The van der Waals surface area contributed by atoms with Crippen molar-refractivity contribution in [1.82, 2.24) is 4.98 Å². The average molecular weight is 276 g/mol. The highest BCUT2D eigenvalue weighted by Gasteiger charge is 2.32. The third-order valence-corrected chi connectivity index (χ3v) is 2.50. The number of hydrogen-bond acceptors (Lipinski definition) is 3. The molecule has 0 saturated carbocycles. The molecule has 6 heteroatoms. The van der Waals surface area contributed by atoms with Gasteiger partial charge in [-0.25, -0.2) is 0 Å². The molecule has 1 N–H and O–H groups in total. The van der Waals surface area contributed by atoms with Crippen LogP contribution in [0.25, 0.3) is 0 Å². The molecular formula is C13H19F3N2O. The van der Waals surface area contributed by atoms with Crippen molar-refractivity contribution in [2.75, 3.05) is 11.9 Å². The number of pyridine rings is 1. The van der Waals surface area contributed by atoms with E-state index >= 15 is 0 Å². The second-order valence-electron chi connectivity index (χ2n) is 4.32. The van der Waals surface area contributed by atoms with Gasteiger partial charge in [0.2, 0.25) is 5.88 Å². The summed E-state index contributed by atoms with van der Waals surface area (Å²) in [5.41, 5.74) is -0.753. The summed E-state index contributed by atoms with van der Waals surface area (Å²) in [6, 6.07) is 1.92. The van der Waals surface area contributed by atoms with Gasteiger partial charge in [-0.15, -0.1) is 0 Å². The van der Waals surface area contributed by atoms with Gasteiger partial charge in [0.25, 0.3) is 0 Å². The minimum atomic E-state index is -4.40. The maximum atomic E-state index is 12.8. The van der Waals surface area contributed by atoms with E-state index in [0.29, 0.717) is 6.54 Å². The van der Waals surface area contributed by atoms with E-state index in [0.717, 1.165) is 25.0 Å². The minimum Gasteiger partial charge on any atom is -0.475 e. The first-order chi connectivity index (χ1) is 8.86. The molecule has 3 nitrogen and oxygen atoms in total. The molecule has 0 radical (unpaired) electrons. The molecule has 1 rings (SSSR count). The summed E-state index contributed by atoms with van der Waals surface area (Å²) in [5.74, 6) is 0.183. The lowest BCUT2D eigenvalue weighted by atomic mass is 10.2. The Kier molecular flexibility index (Phi) is 5.44. The molecule has 1 unspecified atom stereocenters. The Morgan fingerprint density at radius 1 is 1.32 bits per heavy atom.